The molecule has 2 nitrogen and oxygen atoms in total. The third kappa shape index (κ3) is 2.85. The Bertz CT molecular complexity index is 680. The number of likely N-dealkylation sites (tertiary alicyclic amines) is 1. The van der Waals surface area contributed by atoms with Crippen LogP contribution in [0.1, 0.15) is 27.9 Å². The first-order valence-electron chi connectivity index (χ1n) is 6.95. The minimum absolute atomic E-state index is 0.0903. The number of rotatable bonds is 4. The molecule has 0 radical (unpaired) electrons. The minimum Gasteiger partial charge on any atom is -0.299 e. The highest BCUT2D eigenvalue weighted by Gasteiger charge is 2.20. The third-order valence-corrected chi connectivity index (χ3v) is 3.78. The van der Waals surface area contributed by atoms with Gasteiger partial charge in [0.2, 0.25) is 0 Å². The average Bonchev–Trinajstić information content (AvgIpc) is 2.43. The fourth-order valence-corrected chi connectivity index (χ4v) is 2.48. The van der Waals surface area contributed by atoms with Crippen molar-refractivity contribution in [2.45, 2.75) is 13.0 Å². The lowest BCUT2D eigenvalue weighted by molar-refractivity contribution is 0.103. The van der Waals surface area contributed by atoms with Gasteiger partial charge in [-0.3, -0.25) is 9.69 Å². The molecular formula is C17H15F2NO. The van der Waals surface area contributed by atoms with E-state index in [0.29, 0.717) is 12.1 Å². The highest BCUT2D eigenvalue weighted by molar-refractivity contribution is 6.10. The summed E-state index contributed by atoms with van der Waals surface area (Å²) in [6, 6.07) is 10.3. The lowest BCUT2D eigenvalue weighted by atomic mass is 9.97. The van der Waals surface area contributed by atoms with Crippen molar-refractivity contribution in [3.63, 3.8) is 0 Å². The van der Waals surface area contributed by atoms with E-state index in [1.54, 1.807) is 12.1 Å². The maximum absolute atomic E-state index is 13.8. The van der Waals surface area contributed by atoms with Gasteiger partial charge < -0.3 is 0 Å². The van der Waals surface area contributed by atoms with E-state index in [4.69, 9.17) is 0 Å². The Morgan fingerprint density at radius 2 is 1.81 bits per heavy atom. The van der Waals surface area contributed by atoms with Gasteiger partial charge in [0.15, 0.2) is 5.78 Å². The van der Waals surface area contributed by atoms with Crippen LogP contribution in [0.4, 0.5) is 8.78 Å². The summed E-state index contributed by atoms with van der Waals surface area (Å²) in [5.41, 5.74) is 1.27. The van der Waals surface area contributed by atoms with Crippen LogP contribution < -0.4 is 0 Å². The molecular weight excluding hydrogens is 272 g/mol. The number of ketones is 1. The Hall–Kier alpha value is -2.07. The Morgan fingerprint density at radius 1 is 1.05 bits per heavy atom. The van der Waals surface area contributed by atoms with E-state index >= 15 is 0 Å². The lowest BCUT2D eigenvalue weighted by Gasteiger charge is -2.31. The van der Waals surface area contributed by atoms with Crippen LogP contribution >= 0.6 is 0 Å². The fourth-order valence-electron chi connectivity index (χ4n) is 2.48. The van der Waals surface area contributed by atoms with Crippen LogP contribution in [0.5, 0.6) is 0 Å². The molecule has 1 fully saturated rings. The molecule has 0 aliphatic carbocycles. The molecule has 2 aromatic rings. The van der Waals surface area contributed by atoms with E-state index in [1.807, 2.05) is 12.1 Å². The molecule has 1 heterocycles. The van der Waals surface area contributed by atoms with E-state index in [1.165, 1.54) is 12.5 Å². The Labute approximate surface area is 122 Å². The van der Waals surface area contributed by atoms with E-state index in [9.17, 15) is 13.6 Å². The van der Waals surface area contributed by atoms with Crippen molar-refractivity contribution < 1.29 is 13.6 Å². The van der Waals surface area contributed by atoms with Gasteiger partial charge in [-0.05, 0) is 37.2 Å². The number of halogens is 2. The molecule has 1 aliphatic heterocycles. The number of benzene rings is 2. The van der Waals surface area contributed by atoms with Crippen molar-refractivity contribution in [1.82, 2.24) is 4.90 Å². The second-order valence-corrected chi connectivity index (χ2v) is 5.24. The van der Waals surface area contributed by atoms with Crippen molar-refractivity contribution in [1.29, 1.82) is 0 Å². The van der Waals surface area contributed by atoms with Crippen LogP contribution in [0.15, 0.2) is 42.5 Å². The lowest BCUT2D eigenvalue weighted by Crippen LogP contribution is -2.36. The van der Waals surface area contributed by atoms with Crippen molar-refractivity contribution in [3.05, 3.63) is 70.8 Å². The second kappa shape index (κ2) is 5.74. The molecule has 2 aromatic carbocycles. The van der Waals surface area contributed by atoms with Crippen molar-refractivity contribution in [3.8, 4) is 0 Å². The molecule has 1 aliphatic rings. The molecule has 0 amide bonds. The first-order chi connectivity index (χ1) is 10.1. The monoisotopic (exact) mass is 287 g/mol. The summed E-state index contributed by atoms with van der Waals surface area (Å²) >= 11 is 0. The van der Waals surface area contributed by atoms with Gasteiger partial charge in [0.1, 0.15) is 11.6 Å². The molecule has 0 N–H and O–H groups in total. The van der Waals surface area contributed by atoms with E-state index in [0.717, 1.165) is 30.8 Å². The third-order valence-electron chi connectivity index (χ3n) is 3.78. The van der Waals surface area contributed by atoms with E-state index in [-0.39, 0.29) is 5.56 Å². The first-order valence-corrected chi connectivity index (χ1v) is 6.95. The van der Waals surface area contributed by atoms with Crippen LogP contribution in [-0.2, 0) is 6.54 Å². The maximum Gasteiger partial charge on any atom is 0.196 e. The molecule has 21 heavy (non-hydrogen) atoms. The largest absolute Gasteiger partial charge is 0.299 e. The van der Waals surface area contributed by atoms with Gasteiger partial charge in [-0.25, -0.2) is 8.78 Å². The zero-order valence-corrected chi connectivity index (χ0v) is 11.5. The van der Waals surface area contributed by atoms with Gasteiger partial charge in [0, 0.05) is 18.2 Å². The molecule has 0 atom stereocenters. The number of hydrogen-bond acceptors (Lipinski definition) is 2. The summed E-state index contributed by atoms with van der Waals surface area (Å²) in [6.45, 7) is 2.73. The standard InChI is InChI=1S/C17H15F2NO/c18-13-6-7-15(16(19)10-13)17(21)14-5-2-1-4-12(14)11-20-8-3-9-20/h1-2,4-7,10H,3,8-9,11H2. The molecule has 108 valence electrons. The Morgan fingerprint density at radius 3 is 2.48 bits per heavy atom. The number of nitrogens with zero attached hydrogens (tertiary/aromatic N) is 1. The number of carbonyl (C=O) groups excluding carboxylic acids is 1. The molecule has 3 rings (SSSR count). The maximum atomic E-state index is 13.8. The summed E-state index contributed by atoms with van der Waals surface area (Å²) in [6.07, 6.45) is 1.17. The van der Waals surface area contributed by atoms with Crippen molar-refractivity contribution in [2.75, 3.05) is 13.1 Å². The van der Waals surface area contributed by atoms with Crippen LogP contribution in [0, 0.1) is 11.6 Å². The number of carbonyl (C=O) groups is 1. The summed E-state index contributed by atoms with van der Waals surface area (Å²) in [4.78, 5) is 14.7. The average molecular weight is 287 g/mol. The van der Waals surface area contributed by atoms with Gasteiger partial charge in [-0.1, -0.05) is 24.3 Å². The molecule has 4 heteroatoms. The van der Waals surface area contributed by atoms with Gasteiger partial charge in [0.25, 0.3) is 0 Å². The van der Waals surface area contributed by atoms with Crippen LogP contribution in [0.2, 0.25) is 0 Å². The first kappa shape index (κ1) is 13.9. The molecule has 0 bridgehead atoms. The summed E-state index contributed by atoms with van der Waals surface area (Å²) < 4.78 is 26.7. The summed E-state index contributed by atoms with van der Waals surface area (Å²) in [7, 11) is 0. The smallest absolute Gasteiger partial charge is 0.196 e. The van der Waals surface area contributed by atoms with Gasteiger partial charge in [-0.15, -0.1) is 0 Å². The fraction of sp³-hybridized carbons (Fsp3) is 0.235. The Balaban J connectivity index is 1.93. The van der Waals surface area contributed by atoms with Crippen molar-refractivity contribution in [2.24, 2.45) is 0 Å². The van der Waals surface area contributed by atoms with Gasteiger partial charge in [-0.2, -0.15) is 0 Å². The molecule has 0 spiro atoms. The SMILES string of the molecule is O=C(c1ccc(F)cc1F)c1ccccc1CN1CCC1. The zero-order valence-electron chi connectivity index (χ0n) is 11.5. The van der Waals surface area contributed by atoms with Gasteiger partial charge >= 0.3 is 0 Å². The summed E-state index contributed by atoms with van der Waals surface area (Å²) in [5.74, 6) is -1.90. The van der Waals surface area contributed by atoms with Crippen LogP contribution in [-0.4, -0.2) is 23.8 Å². The van der Waals surface area contributed by atoms with Crippen LogP contribution in [0.25, 0.3) is 0 Å². The van der Waals surface area contributed by atoms with Crippen LogP contribution in [0.3, 0.4) is 0 Å². The van der Waals surface area contributed by atoms with E-state index in [2.05, 4.69) is 4.90 Å². The highest BCUT2D eigenvalue weighted by Crippen LogP contribution is 2.20. The van der Waals surface area contributed by atoms with E-state index < -0.39 is 17.4 Å². The highest BCUT2D eigenvalue weighted by atomic mass is 19.1. The zero-order chi connectivity index (χ0) is 14.8. The quantitative estimate of drug-likeness (QED) is 0.803. The Kier molecular flexibility index (Phi) is 3.80. The van der Waals surface area contributed by atoms with Crippen molar-refractivity contribution >= 4 is 5.78 Å². The molecule has 0 unspecified atom stereocenters. The topological polar surface area (TPSA) is 20.3 Å². The normalized spacial score (nSPS) is 14.8. The predicted octanol–water partition coefficient (Wildman–Crippen LogP) is 3.40. The van der Waals surface area contributed by atoms with Gasteiger partial charge in [0.05, 0.1) is 5.56 Å². The second-order valence-electron chi connectivity index (χ2n) is 5.24. The molecule has 0 aromatic heterocycles. The molecule has 0 saturated carbocycles. The minimum atomic E-state index is -0.821. The number of hydrogen-bond donors (Lipinski definition) is 0. The molecule has 1 saturated heterocycles. The summed E-state index contributed by atoms with van der Waals surface area (Å²) in [5, 5.41) is 0. The predicted molar refractivity (Wildman–Crippen MR) is 76.1 cm³/mol.